The zero-order valence-electron chi connectivity index (χ0n) is 19.2. The smallest absolute Gasteiger partial charge is 0.409 e. The van der Waals surface area contributed by atoms with Crippen LogP contribution in [-0.4, -0.2) is 71.9 Å². The highest BCUT2D eigenvalue weighted by molar-refractivity contribution is 6.31. The van der Waals surface area contributed by atoms with Gasteiger partial charge in [-0.25, -0.2) is 19.7 Å². The second-order valence-electron chi connectivity index (χ2n) is 7.84. The Morgan fingerprint density at radius 2 is 1.94 bits per heavy atom. The largest absolute Gasteiger partial charge is 0.449 e. The van der Waals surface area contributed by atoms with Gasteiger partial charge in [-0.2, -0.15) is 0 Å². The average Bonchev–Trinajstić information content (AvgIpc) is 2.87. The molecule has 0 radical (unpaired) electrons. The zero-order chi connectivity index (χ0) is 23.8. The first-order valence-corrected chi connectivity index (χ1v) is 11.9. The molecule has 2 aromatic heterocycles. The predicted octanol–water partition coefficient (Wildman–Crippen LogP) is 3.98. The van der Waals surface area contributed by atoms with Crippen LogP contribution in [0, 0.1) is 0 Å². The monoisotopic (exact) mass is 484 g/mol. The molecule has 0 aliphatic carbocycles. The molecule has 0 atom stereocenters. The summed E-state index contributed by atoms with van der Waals surface area (Å²) in [6.07, 6.45) is 3.97. The van der Waals surface area contributed by atoms with Crippen molar-refractivity contribution >= 4 is 40.4 Å². The maximum Gasteiger partial charge on any atom is 0.409 e. The van der Waals surface area contributed by atoms with Crippen LogP contribution in [-0.2, 0) is 16.0 Å². The fourth-order valence-corrected chi connectivity index (χ4v) is 3.96. The number of pyridine rings is 1. The van der Waals surface area contributed by atoms with E-state index < -0.39 is 0 Å². The van der Waals surface area contributed by atoms with E-state index in [1.807, 2.05) is 37.3 Å². The van der Waals surface area contributed by atoms with Crippen LogP contribution in [0.5, 0.6) is 0 Å². The number of carbonyl (C=O) groups is 1. The van der Waals surface area contributed by atoms with Gasteiger partial charge in [0.1, 0.15) is 5.82 Å². The summed E-state index contributed by atoms with van der Waals surface area (Å²) in [6.45, 7) is 6.58. The van der Waals surface area contributed by atoms with Crippen molar-refractivity contribution in [2.45, 2.75) is 19.9 Å². The molecule has 1 fully saturated rings. The summed E-state index contributed by atoms with van der Waals surface area (Å²) in [4.78, 5) is 29.9. The second kappa shape index (κ2) is 11.8. The number of carbonyl (C=O) groups excluding carboxylic acids is 1. The Balaban J connectivity index is 1.34. The molecule has 0 bridgehead atoms. The lowest BCUT2D eigenvalue weighted by atomic mass is 10.2. The van der Waals surface area contributed by atoms with E-state index >= 15 is 0 Å². The van der Waals surface area contributed by atoms with Crippen LogP contribution in [0.4, 0.5) is 16.6 Å². The topological polar surface area (TPSA) is 92.7 Å². The molecule has 1 N–H and O–H groups in total. The van der Waals surface area contributed by atoms with Gasteiger partial charge in [0.2, 0.25) is 5.95 Å². The van der Waals surface area contributed by atoms with Crippen molar-refractivity contribution in [3.63, 3.8) is 0 Å². The van der Waals surface area contributed by atoms with Crippen molar-refractivity contribution in [2.75, 3.05) is 56.2 Å². The summed E-state index contributed by atoms with van der Waals surface area (Å²) in [6, 6.07) is 9.55. The summed E-state index contributed by atoms with van der Waals surface area (Å²) in [5, 5.41) is 4.81. The molecule has 4 rings (SSSR count). The molecule has 9 nitrogen and oxygen atoms in total. The second-order valence-corrected chi connectivity index (χ2v) is 8.25. The van der Waals surface area contributed by atoms with E-state index in [2.05, 4.69) is 25.2 Å². The SMILES string of the molecule is CCOCCCOC(=O)N1CCN(c2nccc3nc(NCc4ccccc4Cl)ncc23)CC1. The Morgan fingerprint density at radius 3 is 2.74 bits per heavy atom. The molecule has 1 aliphatic rings. The number of nitrogens with zero attached hydrogens (tertiary/aromatic N) is 5. The quantitative estimate of drug-likeness (QED) is 0.456. The predicted molar refractivity (Wildman–Crippen MR) is 132 cm³/mol. The third-order valence-electron chi connectivity index (χ3n) is 5.58. The number of hydrogen-bond donors (Lipinski definition) is 1. The van der Waals surface area contributed by atoms with E-state index in [0.29, 0.717) is 69.9 Å². The molecule has 3 heterocycles. The number of fused-ring (bicyclic) bond motifs is 1. The van der Waals surface area contributed by atoms with Gasteiger partial charge in [0.15, 0.2) is 0 Å². The number of nitrogens with one attached hydrogen (secondary N) is 1. The van der Waals surface area contributed by atoms with Gasteiger partial charge in [-0.3, -0.25) is 0 Å². The first-order chi connectivity index (χ1) is 16.7. The lowest BCUT2D eigenvalue weighted by Gasteiger charge is -2.35. The van der Waals surface area contributed by atoms with Crippen molar-refractivity contribution in [3.05, 3.63) is 53.3 Å². The van der Waals surface area contributed by atoms with Crippen molar-refractivity contribution < 1.29 is 14.3 Å². The summed E-state index contributed by atoms with van der Waals surface area (Å²) < 4.78 is 10.6. The van der Waals surface area contributed by atoms with E-state index in [0.717, 1.165) is 22.3 Å². The minimum atomic E-state index is -0.278. The number of anilines is 2. The van der Waals surface area contributed by atoms with Gasteiger partial charge in [0, 0.05) is 69.8 Å². The number of amides is 1. The van der Waals surface area contributed by atoms with E-state index in [9.17, 15) is 4.79 Å². The van der Waals surface area contributed by atoms with Gasteiger partial charge >= 0.3 is 6.09 Å². The summed E-state index contributed by atoms with van der Waals surface area (Å²) in [5.74, 6) is 1.35. The molecule has 1 saturated heterocycles. The number of rotatable bonds is 9. The van der Waals surface area contributed by atoms with Crippen molar-refractivity contribution in [2.24, 2.45) is 0 Å². The fourth-order valence-electron chi connectivity index (χ4n) is 3.75. The normalized spacial score (nSPS) is 13.8. The molecule has 0 spiro atoms. The Bertz CT molecular complexity index is 1110. The van der Waals surface area contributed by atoms with Crippen molar-refractivity contribution in [1.29, 1.82) is 0 Å². The van der Waals surface area contributed by atoms with Crippen LogP contribution in [0.25, 0.3) is 10.9 Å². The lowest BCUT2D eigenvalue weighted by Crippen LogP contribution is -2.49. The maximum atomic E-state index is 12.3. The van der Waals surface area contributed by atoms with Crippen LogP contribution in [0.15, 0.2) is 42.7 Å². The fraction of sp³-hybridized carbons (Fsp3) is 0.417. The number of ether oxygens (including phenoxy) is 2. The molecule has 180 valence electrons. The molecule has 0 saturated carbocycles. The highest BCUT2D eigenvalue weighted by Gasteiger charge is 2.24. The number of aromatic nitrogens is 3. The lowest BCUT2D eigenvalue weighted by molar-refractivity contribution is 0.0819. The van der Waals surface area contributed by atoms with E-state index in [-0.39, 0.29) is 6.09 Å². The Hall–Kier alpha value is -3.17. The first-order valence-electron chi connectivity index (χ1n) is 11.5. The third kappa shape index (κ3) is 6.03. The van der Waals surface area contributed by atoms with Crippen LogP contribution < -0.4 is 10.2 Å². The minimum Gasteiger partial charge on any atom is -0.449 e. The summed E-state index contributed by atoms with van der Waals surface area (Å²) in [5.41, 5.74) is 1.78. The zero-order valence-corrected chi connectivity index (χ0v) is 20.0. The number of halogens is 1. The van der Waals surface area contributed by atoms with E-state index in [1.54, 1.807) is 17.3 Å². The van der Waals surface area contributed by atoms with Gasteiger partial charge in [0.25, 0.3) is 0 Å². The van der Waals surface area contributed by atoms with Crippen LogP contribution in [0.3, 0.4) is 0 Å². The Kier molecular flexibility index (Phi) is 8.32. The number of piperazine rings is 1. The van der Waals surface area contributed by atoms with Gasteiger partial charge in [-0.05, 0) is 24.6 Å². The van der Waals surface area contributed by atoms with E-state index in [1.165, 1.54) is 0 Å². The molecular weight excluding hydrogens is 456 g/mol. The van der Waals surface area contributed by atoms with Crippen molar-refractivity contribution in [3.8, 4) is 0 Å². The molecular formula is C24H29ClN6O3. The molecule has 3 aromatic rings. The van der Waals surface area contributed by atoms with Crippen LogP contribution >= 0.6 is 11.6 Å². The molecule has 10 heteroatoms. The molecule has 0 unspecified atom stereocenters. The highest BCUT2D eigenvalue weighted by Crippen LogP contribution is 2.25. The minimum absolute atomic E-state index is 0.278. The van der Waals surface area contributed by atoms with Gasteiger partial charge in [-0.1, -0.05) is 29.8 Å². The maximum absolute atomic E-state index is 12.3. The van der Waals surface area contributed by atoms with Crippen LogP contribution in [0.1, 0.15) is 18.9 Å². The van der Waals surface area contributed by atoms with Gasteiger partial charge < -0.3 is 24.6 Å². The number of benzene rings is 1. The summed E-state index contributed by atoms with van der Waals surface area (Å²) >= 11 is 6.23. The highest BCUT2D eigenvalue weighted by atomic mass is 35.5. The van der Waals surface area contributed by atoms with Gasteiger partial charge in [0.05, 0.1) is 17.5 Å². The molecule has 1 aliphatic heterocycles. The Labute approximate surface area is 204 Å². The van der Waals surface area contributed by atoms with Crippen LogP contribution in [0.2, 0.25) is 5.02 Å². The van der Waals surface area contributed by atoms with Gasteiger partial charge in [-0.15, -0.1) is 0 Å². The Morgan fingerprint density at radius 1 is 1.12 bits per heavy atom. The third-order valence-corrected chi connectivity index (χ3v) is 5.95. The standard InChI is InChI=1S/C24H29ClN6O3/c1-2-33-14-5-15-34-24(32)31-12-10-30(11-13-31)22-19-17-28-23(29-21(19)8-9-26-22)27-16-18-6-3-4-7-20(18)25/h3-4,6-9,17H,2,5,10-16H2,1H3,(H,27,28,29). The molecule has 1 amide bonds. The molecule has 34 heavy (non-hydrogen) atoms. The molecule has 1 aromatic carbocycles. The average molecular weight is 485 g/mol. The van der Waals surface area contributed by atoms with E-state index in [4.69, 9.17) is 21.1 Å². The first kappa shape index (κ1) is 24.0. The summed E-state index contributed by atoms with van der Waals surface area (Å²) in [7, 11) is 0. The van der Waals surface area contributed by atoms with Crippen molar-refractivity contribution in [1.82, 2.24) is 19.9 Å². The number of hydrogen-bond acceptors (Lipinski definition) is 8.